The summed E-state index contributed by atoms with van der Waals surface area (Å²) in [6.07, 6.45) is 0. The molecule has 0 aliphatic carbocycles. The van der Waals surface area contributed by atoms with Gasteiger partial charge >= 0.3 is 5.97 Å². The number of nitrogens with one attached hydrogen (secondary N) is 1. The van der Waals surface area contributed by atoms with Gasteiger partial charge < -0.3 is 15.0 Å². The lowest BCUT2D eigenvalue weighted by atomic mass is 10.2. The van der Waals surface area contributed by atoms with Crippen LogP contribution in [0.15, 0.2) is 0 Å². The average Bonchev–Trinajstić information content (AvgIpc) is 2.42. The first-order chi connectivity index (χ1) is 9.81. The van der Waals surface area contributed by atoms with Gasteiger partial charge in [-0.3, -0.25) is 14.4 Å². The Morgan fingerprint density at radius 3 is 2.33 bits per heavy atom. The molecule has 21 heavy (non-hydrogen) atoms. The zero-order valence-corrected chi connectivity index (χ0v) is 14.3. The number of carbonyl (C=O) groups excluding carboxylic acids is 3. The van der Waals surface area contributed by atoms with Crippen LogP contribution in [0.2, 0.25) is 0 Å². The molecule has 0 spiro atoms. The second-order valence-corrected chi connectivity index (χ2v) is 6.10. The molecule has 7 heteroatoms. The summed E-state index contributed by atoms with van der Waals surface area (Å²) in [5, 5.41) is 2.76. The van der Waals surface area contributed by atoms with Gasteiger partial charge in [0.1, 0.15) is 0 Å². The molecular formula is C14H26N2O4S. The van der Waals surface area contributed by atoms with Crippen LogP contribution in [0.1, 0.15) is 27.7 Å². The molecule has 0 saturated heterocycles. The maximum Gasteiger partial charge on any atom is 0.309 e. The summed E-state index contributed by atoms with van der Waals surface area (Å²) in [5.41, 5.74) is 0. The lowest BCUT2D eigenvalue weighted by Gasteiger charge is -2.21. The molecule has 0 fully saturated rings. The maximum atomic E-state index is 12.0. The van der Waals surface area contributed by atoms with E-state index in [9.17, 15) is 14.4 Å². The van der Waals surface area contributed by atoms with Crippen molar-refractivity contribution in [2.45, 2.75) is 33.7 Å². The molecule has 0 aliphatic heterocycles. The van der Waals surface area contributed by atoms with E-state index in [0.29, 0.717) is 12.3 Å². The van der Waals surface area contributed by atoms with Crippen molar-refractivity contribution in [2.75, 3.05) is 31.7 Å². The third-order valence-corrected chi connectivity index (χ3v) is 3.90. The molecule has 1 N–H and O–H groups in total. The number of likely N-dealkylation sites (N-methyl/N-ethyl adjacent to an activating group) is 1. The Kier molecular flexibility index (Phi) is 9.86. The van der Waals surface area contributed by atoms with Crippen LogP contribution < -0.4 is 5.32 Å². The van der Waals surface area contributed by atoms with Gasteiger partial charge in [0.15, 0.2) is 0 Å². The van der Waals surface area contributed by atoms with Crippen LogP contribution in [0.25, 0.3) is 0 Å². The van der Waals surface area contributed by atoms with Crippen molar-refractivity contribution in [1.82, 2.24) is 10.2 Å². The summed E-state index contributed by atoms with van der Waals surface area (Å²) in [7, 11) is 1.35. The fourth-order valence-electron chi connectivity index (χ4n) is 1.60. The minimum Gasteiger partial charge on any atom is -0.469 e. The van der Waals surface area contributed by atoms with Crippen LogP contribution >= 0.6 is 11.8 Å². The average molecular weight is 318 g/mol. The largest absolute Gasteiger partial charge is 0.469 e. The van der Waals surface area contributed by atoms with Crippen molar-refractivity contribution in [3.63, 3.8) is 0 Å². The summed E-state index contributed by atoms with van der Waals surface area (Å²) in [5.74, 6) is -0.00417. The Morgan fingerprint density at radius 1 is 1.24 bits per heavy atom. The number of nitrogens with zero attached hydrogens (tertiary/aromatic N) is 1. The quantitative estimate of drug-likeness (QED) is 0.639. The van der Waals surface area contributed by atoms with E-state index in [1.807, 2.05) is 20.8 Å². The van der Waals surface area contributed by atoms with Gasteiger partial charge in [0.25, 0.3) is 0 Å². The molecule has 0 aromatic heterocycles. The Balaban J connectivity index is 4.16. The minimum absolute atomic E-state index is 0.0570. The van der Waals surface area contributed by atoms with Gasteiger partial charge in [0.05, 0.1) is 25.3 Å². The summed E-state index contributed by atoms with van der Waals surface area (Å²) in [6.45, 7) is 7.90. The second-order valence-electron chi connectivity index (χ2n) is 5.07. The second kappa shape index (κ2) is 10.5. The van der Waals surface area contributed by atoms with Gasteiger partial charge in [-0.2, -0.15) is 11.8 Å². The lowest BCUT2D eigenvalue weighted by molar-refractivity contribution is -0.144. The molecule has 122 valence electrons. The first-order valence-electron chi connectivity index (χ1n) is 7.04. The van der Waals surface area contributed by atoms with Crippen LogP contribution in [0, 0.1) is 5.92 Å². The van der Waals surface area contributed by atoms with Crippen molar-refractivity contribution in [1.29, 1.82) is 0 Å². The number of thioether (sulfide) groups is 1. The first-order valence-corrected chi connectivity index (χ1v) is 8.19. The number of methoxy groups -OCH3 is 1. The van der Waals surface area contributed by atoms with E-state index in [4.69, 9.17) is 0 Å². The number of hydrogen-bond acceptors (Lipinski definition) is 5. The smallest absolute Gasteiger partial charge is 0.309 e. The molecule has 6 nitrogen and oxygen atoms in total. The highest BCUT2D eigenvalue weighted by molar-refractivity contribution is 7.99. The van der Waals surface area contributed by atoms with Crippen molar-refractivity contribution in [3.8, 4) is 0 Å². The number of ether oxygens (including phenoxy) is 1. The molecular weight excluding hydrogens is 292 g/mol. The van der Waals surface area contributed by atoms with Crippen molar-refractivity contribution in [2.24, 2.45) is 5.92 Å². The van der Waals surface area contributed by atoms with Crippen molar-refractivity contribution >= 4 is 29.5 Å². The highest BCUT2D eigenvalue weighted by Crippen LogP contribution is 2.10. The first kappa shape index (κ1) is 19.8. The molecule has 0 heterocycles. The van der Waals surface area contributed by atoms with E-state index in [1.165, 1.54) is 23.8 Å². The standard InChI is InChI=1S/C14H26N2O4S/c1-6-16(7-12(17)15-10(2)3)13(18)9-21-8-11(4)14(19)20-5/h10-11H,6-9H2,1-5H3,(H,15,17). The molecule has 0 rings (SSSR count). The van der Waals surface area contributed by atoms with E-state index >= 15 is 0 Å². The topological polar surface area (TPSA) is 75.7 Å². The zero-order valence-electron chi connectivity index (χ0n) is 13.5. The van der Waals surface area contributed by atoms with Crippen LogP contribution in [0.4, 0.5) is 0 Å². The van der Waals surface area contributed by atoms with Gasteiger partial charge in [-0.05, 0) is 20.8 Å². The Labute approximate surface area is 131 Å². The molecule has 0 aromatic carbocycles. The third kappa shape index (κ3) is 8.60. The molecule has 0 radical (unpaired) electrons. The zero-order chi connectivity index (χ0) is 16.4. The molecule has 0 bridgehead atoms. The molecule has 0 aliphatic rings. The fraction of sp³-hybridized carbons (Fsp3) is 0.786. The monoisotopic (exact) mass is 318 g/mol. The van der Waals surface area contributed by atoms with Crippen molar-refractivity contribution in [3.05, 3.63) is 0 Å². The third-order valence-electron chi connectivity index (χ3n) is 2.72. The van der Waals surface area contributed by atoms with E-state index in [-0.39, 0.29) is 42.0 Å². The summed E-state index contributed by atoms with van der Waals surface area (Å²) >= 11 is 1.37. The van der Waals surface area contributed by atoms with Crippen LogP contribution in [-0.4, -0.2) is 60.4 Å². The predicted molar refractivity (Wildman–Crippen MR) is 84.0 cm³/mol. The summed E-state index contributed by atoms with van der Waals surface area (Å²) in [6, 6.07) is 0.0570. The number of esters is 1. The van der Waals surface area contributed by atoms with E-state index in [1.54, 1.807) is 6.92 Å². The van der Waals surface area contributed by atoms with Gasteiger partial charge in [-0.25, -0.2) is 0 Å². The van der Waals surface area contributed by atoms with Gasteiger partial charge in [-0.15, -0.1) is 0 Å². The number of carbonyl (C=O) groups is 3. The van der Waals surface area contributed by atoms with E-state index in [0.717, 1.165) is 0 Å². The SMILES string of the molecule is CCN(CC(=O)NC(C)C)C(=O)CSCC(C)C(=O)OC. The summed E-state index contributed by atoms with van der Waals surface area (Å²) < 4.78 is 4.63. The molecule has 1 atom stereocenters. The number of amides is 2. The van der Waals surface area contributed by atoms with E-state index < -0.39 is 0 Å². The van der Waals surface area contributed by atoms with Gasteiger partial charge in [0.2, 0.25) is 11.8 Å². The number of rotatable bonds is 9. The van der Waals surface area contributed by atoms with Gasteiger partial charge in [-0.1, -0.05) is 6.92 Å². The Morgan fingerprint density at radius 2 is 1.86 bits per heavy atom. The van der Waals surface area contributed by atoms with Crippen LogP contribution in [0.3, 0.4) is 0 Å². The lowest BCUT2D eigenvalue weighted by Crippen LogP contribution is -2.43. The summed E-state index contributed by atoms with van der Waals surface area (Å²) in [4.78, 5) is 36.4. The van der Waals surface area contributed by atoms with Gasteiger partial charge in [0, 0.05) is 18.3 Å². The molecule has 1 unspecified atom stereocenters. The predicted octanol–water partition coefficient (Wildman–Crippen LogP) is 0.902. The molecule has 0 saturated carbocycles. The van der Waals surface area contributed by atoms with Crippen LogP contribution in [0.5, 0.6) is 0 Å². The fourth-order valence-corrected chi connectivity index (χ4v) is 2.57. The van der Waals surface area contributed by atoms with Crippen molar-refractivity contribution < 1.29 is 19.1 Å². The normalized spacial score (nSPS) is 11.9. The molecule has 0 aromatic rings. The highest BCUT2D eigenvalue weighted by Gasteiger charge is 2.18. The Hall–Kier alpha value is -1.24. The van der Waals surface area contributed by atoms with E-state index in [2.05, 4.69) is 10.1 Å². The number of hydrogen-bond donors (Lipinski definition) is 1. The van der Waals surface area contributed by atoms with Crippen LogP contribution in [-0.2, 0) is 19.1 Å². The maximum absolute atomic E-state index is 12.0. The minimum atomic E-state index is -0.279. The Bertz CT molecular complexity index is 361. The highest BCUT2D eigenvalue weighted by atomic mass is 32.2. The molecule has 2 amide bonds.